The monoisotopic (exact) mass is 1340 g/mol. The lowest BCUT2D eigenvalue weighted by Gasteiger charge is -2.05. The highest BCUT2D eigenvalue weighted by Gasteiger charge is 2.15. The Labute approximate surface area is 520 Å². The molecule has 8 aromatic carbocycles. The minimum Gasteiger partial charge on any atom is -1.00 e. The molecule has 0 aliphatic rings. The second-order valence-electron chi connectivity index (χ2n) is 19.1. The highest BCUT2D eigenvalue weighted by molar-refractivity contribution is 5.89. The molecule has 0 bridgehead atoms. The molecule has 0 aliphatic carbocycles. The summed E-state index contributed by atoms with van der Waals surface area (Å²) in [5.41, 5.74) is 41.6. The Balaban J connectivity index is 0.000000280. The van der Waals surface area contributed by atoms with Crippen molar-refractivity contribution in [2.75, 3.05) is 22.9 Å². The predicted molar refractivity (Wildman–Crippen MR) is 319 cm³/mol. The lowest BCUT2D eigenvalue weighted by molar-refractivity contribution is -0.662. The first-order chi connectivity index (χ1) is 37.3. The fraction of sp³-hybridized carbons (Fsp3) is 0.0588. The Morgan fingerprint density at radius 1 is 0.280 bits per heavy atom. The number of nitrogen functional groups attached to an aromatic ring is 4. The van der Waals surface area contributed by atoms with Crippen molar-refractivity contribution in [2.24, 2.45) is 0 Å². The molecule has 0 unspecified atom stereocenters. The molecule has 414 valence electrons. The molecule has 0 amide bonds. The molecular formula is C68H62Br4N8O2. The predicted octanol–water partition coefficient (Wildman–Crippen LogP) is -2.41. The molecule has 12 rings (SSSR count). The van der Waals surface area contributed by atoms with Crippen molar-refractivity contribution in [2.45, 2.75) is 26.2 Å². The standard InChI is InChI=1S/C34H28N4.C34H26N4.4BrH.2H2O/c2*35-31-19-21-37(33-7-3-1-5-29(31)33)23-27-15-11-25(12-16-27)9-10-26-13-17-28(18-14-26)24-38-22-20-32(36)30-6-2-4-8-34(30)38;;;;;;/h1-22,35-36H,23-24H2;1-8,11-22,35-36H,23-24H2;4*1H;2*1H2. The molecule has 4 aromatic heterocycles. The fourth-order valence-electron chi connectivity index (χ4n) is 9.76. The van der Waals surface area contributed by atoms with E-state index >= 15 is 0 Å². The van der Waals surface area contributed by atoms with E-state index in [9.17, 15) is 0 Å². The van der Waals surface area contributed by atoms with Crippen molar-refractivity contribution in [3.63, 3.8) is 0 Å². The molecular weight excluding hydrogens is 1280 g/mol. The van der Waals surface area contributed by atoms with Crippen LogP contribution in [-0.4, -0.2) is 11.0 Å². The van der Waals surface area contributed by atoms with Crippen LogP contribution in [0.1, 0.15) is 44.5 Å². The molecule has 0 radical (unpaired) electrons. The van der Waals surface area contributed by atoms with Gasteiger partial charge in [0, 0.05) is 81.9 Å². The van der Waals surface area contributed by atoms with Gasteiger partial charge in [-0.2, -0.15) is 18.3 Å². The third-order valence-corrected chi connectivity index (χ3v) is 13.9. The number of benzene rings is 8. The summed E-state index contributed by atoms with van der Waals surface area (Å²) in [6, 6.07) is 75.2. The minimum absolute atomic E-state index is 0. The Kier molecular flexibility index (Phi) is 23.6. The second kappa shape index (κ2) is 30.0. The number of pyridine rings is 4. The van der Waals surface area contributed by atoms with Crippen molar-refractivity contribution in [1.29, 1.82) is 0 Å². The summed E-state index contributed by atoms with van der Waals surface area (Å²) >= 11 is 0. The Bertz CT molecular complexity index is 3910. The minimum atomic E-state index is 0. The number of anilines is 4. The van der Waals surface area contributed by atoms with E-state index in [-0.39, 0.29) is 78.9 Å². The van der Waals surface area contributed by atoms with Gasteiger partial charge in [-0.1, -0.05) is 145 Å². The van der Waals surface area contributed by atoms with Crippen LogP contribution in [-0.2, 0) is 26.2 Å². The summed E-state index contributed by atoms with van der Waals surface area (Å²) in [5.74, 6) is 6.59. The quantitative estimate of drug-likeness (QED) is 0.0678. The summed E-state index contributed by atoms with van der Waals surface area (Å²) < 4.78 is 8.92. The van der Waals surface area contributed by atoms with E-state index in [1.54, 1.807) is 0 Å². The highest BCUT2D eigenvalue weighted by Crippen LogP contribution is 2.22. The molecule has 12 aromatic rings. The first-order valence-corrected chi connectivity index (χ1v) is 25.5. The van der Waals surface area contributed by atoms with Crippen molar-refractivity contribution in [3.05, 3.63) is 288 Å². The summed E-state index contributed by atoms with van der Waals surface area (Å²) in [4.78, 5) is 0. The molecule has 0 spiro atoms. The van der Waals surface area contributed by atoms with Crippen LogP contribution in [0.25, 0.3) is 55.8 Å². The molecule has 0 saturated carbocycles. The third kappa shape index (κ3) is 15.2. The van der Waals surface area contributed by atoms with Crippen molar-refractivity contribution in [3.8, 4) is 11.8 Å². The Morgan fingerprint density at radius 3 is 0.744 bits per heavy atom. The summed E-state index contributed by atoms with van der Waals surface area (Å²) in [6.45, 7) is 3.15. The van der Waals surface area contributed by atoms with E-state index < -0.39 is 0 Å². The highest BCUT2D eigenvalue weighted by atomic mass is 79.9. The van der Waals surface area contributed by atoms with Gasteiger partial charge >= 0.3 is 0 Å². The lowest BCUT2D eigenvalue weighted by atomic mass is 10.1. The topological polar surface area (TPSA) is 183 Å². The smallest absolute Gasteiger partial charge is 0.214 e. The molecule has 0 aliphatic heterocycles. The van der Waals surface area contributed by atoms with Crippen LogP contribution in [0.3, 0.4) is 0 Å². The molecule has 0 atom stereocenters. The molecule has 0 fully saturated rings. The van der Waals surface area contributed by atoms with E-state index in [0.717, 1.165) is 104 Å². The maximum Gasteiger partial charge on any atom is 0.214 e. The second-order valence-corrected chi connectivity index (χ2v) is 19.1. The van der Waals surface area contributed by atoms with Gasteiger partial charge in [0.1, 0.15) is 0 Å². The zero-order valence-electron chi connectivity index (χ0n) is 44.7. The number of nitrogens with two attached hydrogens (primary N) is 4. The first kappa shape index (κ1) is 64.6. The van der Waals surface area contributed by atoms with E-state index in [4.69, 9.17) is 22.9 Å². The van der Waals surface area contributed by atoms with Gasteiger partial charge in [-0.25, -0.2) is 0 Å². The van der Waals surface area contributed by atoms with Gasteiger partial charge in [-0.05, 0) is 59.7 Å². The normalized spacial score (nSPS) is 10.3. The number of hydrogen-bond acceptors (Lipinski definition) is 4. The van der Waals surface area contributed by atoms with Gasteiger partial charge in [-0.15, -0.1) is 0 Å². The average Bonchev–Trinajstić information content (AvgIpc) is 3.60. The van der Waals surface area contributed by atoms with Crippen LogP contribution in [0.2, 0.25) is 0 Å². The van der Waals surface area contributed by atoms with Gasteiger partial charge < -0.3 is 102 Å². The van der Waals surface area contributed by atoms with E-state index in [1.807, 2.05) is 73.1 Å². The summed E-state index contributed by atoms with van der Waals surface area (Å²) in [7, 11) is 0. The van der Waals surface area contributed by atoms with Crippen LogP contribution in [0.15, 0.2) is 243 Å². The van der Waals surface area contributed by atoms with Crippen LogP contribution in [0.4, 0.5) is 22.7 Å². The van der Waals surface area contributed by atoms with E-state index in [0.29, 0.717) is 0 Å². The Hall–Kier alpha value is -8.26. The largest absolute Gasteiger partial charge is 1.00 e. The molecule has 4 heterocycles. The van der Waals surface area contributed by atoms with Crippen molar-refractivity contribution < 1.29 is 97.1 Å². The van der Waals surface area contributed by atoms with Crippen LogP contribution in [0.5, 0.6) is 0 Å². The average molecular weight is 1340 g/mol. The van der Waals surface area contributed by atoms with Gasteiger partial charge in [-0.3, -0.25) is 0 Å². The molecule has 82 heavy (non-hydrogen) atoms. The number of rotatable bonds is 10. The van der Waals surface area contributed by atoms with Crippen LogP contribution < -0.4 is 109 Å². The van der Waals surface area contributed by atoms with E-state index in [1.165, 1.54) is 33.4 Å². The number of nitrogens with zero attached hydrogens (tertiary/aromatic N) is 4. The van der Waals surface area contributed by atoms with Crippen LogP contribution >= 0.6 is 0 Å². The number of aromatic nitrogens is 4. The summed E-state index contributed by atoms with van der Waals surface area (Å²) in [5, 5.41) is 4.31. The molecule has 14 heteroatoms. The third-order valence-electron chi connectivity index (χ3n) is 13.9. The number of para-hydroxylation sites is 4. The Morgan fingerprint density at radius 2 is 0.500 bits per heavy atom. The zero-order valence-corrected chi connectivity index (χ0v) is 51.0. The van der Waals surface area contributed by atoms with Crippen LogP contribution in [0, 0.1) is 11.8 Å². The van der Waals surface area contributed by atoms with Gasteiger partial charge in [0.25, 0.3) is 0 Å². The first-order valence-electron chi connectivity index (χ1n) is 25.5. The molecule has 0 saturated heterocycles. The van der Waals surface area contributed by atoms with Gasteiger partial charge in [0.2, 0.25) is 22.1 Å². The van der Waals surface area contributed by atoms with Crippen molar-refractivity contribution >= 4 is 78.5 Å². The number of hydrogen-bond donors (Lipinski definition) is 4. The maximum absolute atomic E-state index is 6.16. The van der Waals surface area contributed by atoms with Gasteiger partial charge in [0.15, 0.2) is 51.0 Å². The van der Waals surface area contributed by atoms with E-state index in [2.05, 4.69) is 212 Å². The molecule has 12 N–H and O–H groups in total. The fourth-order valence-corrected chi connectivity index (χ4v) is 9.76. The van der Waals surface area contributed by atoms with Crippen molar-refractivity contribution in [1.82, 2.24) is 0 Å². The summed E-state index contributed by atoms with van der Waals surface area (Å²) in [6.07, 6.45) is 12.5. The SMILES string of the molecule is Nc1cc[n+](Cc2ccc(C#Cc3ccc(C[n+]4ccc(N)c5ccccc54)cc3)cc2)c2ccccc12.Nc1cc[n+](Cc2ccc(C=Cc3ccc(C[n+]4ccc(N)c5ccccc54)cc3)cc2)c2ccccc12.O.O.[Br-].[Br-].[Br-].[Br-]. The lowest BCUT2D eigenvalue weighted by Crippen LogP contribution is -3.00. The molecule has 10 nitrogen and oxygen atoms in total. The number of fused-ring (bicyclic) bond motifs is 4. The van der Waals surface area contributed by atoms with Gasteiger partial charge in [0.05, 0.1) is 44.3 Å². The zero-order chi connectivity index (χ0) is 51.8. The number of halogens is 4. The maximum atomic E-state index is 6.16.